The predicted molar refractivity (Wildman–Crippen MR) is 45.8 cm³/mol. The molecule has 0 aromatic heterocycles. The average molecular weight is 145 g/mol. The van der Waals surface area contributed by atoms with Gasteiger partial charge in [-0.3, -0.25) is 0 Å². The van der Waals surface area contributed by atoms with Crippen molar-refractivity contribution < 1.29 is 0 Å². The smallest absolute Gasteiger partial charge is 0.00840 e. The van der Waals surface area contributed by atoms with Crippen molar-refractivity contribution in [2.75, 3.05) is 0 Å². The number of thiocarbonyl (C=S) groups is 1. The first kappa shape index (κ1) is 9.05. The summed E-state index contributed by atoms with van der Waals surface area (Å²) in [5.41, 5.74) is 5.70. The Kier molecular flexibility index (Phi) is 4.91. The molecule has 0 saturated carbocycles. The van der Waals surface area contributed by atoms with Gasteiger partial charge in [0, 0.05) is 6.04 Å². The van der Waals surface area contributed by atoms with Gasteiger partial charge in [0.15, 0.2) is 0 Å². The van der Waals surface area contributed by atoms with Crippen LogP contribution in [0.3, 0.4) is 0 Å². The molecule has 0 aliphatic heterocycles. The molecule has 9 heavy (non-hydrogen) atoms. The van der Waals surface area contributed by atoms with E-state index in [1.54, 1.807) is 0 Å². The molecule has 1 nitrogen and oxygen atoms in total. The highest BCUT2D eigenvalue weighted by molar-refractivity contribution is 7.80. The summed E-state index contributed by atoms with van der Waals surface area (Å²) in [5, 5.41) is 0. The molecule has 2 heteroatoms. The van der Waals surface area contributed by atoms with Gasteiger partial charge in [-0.1, -0.05) is 25.6 Å². The van der Waals surface area contributed by atoms with Crippen molar-refractivity contribution in [3.63, 3.8) is 0 Å². The normalized spacial score (nSPS) is 13.2. The third-order valence-electron chi connectivity index (χ3n) is 1.21. The van der Waals surface area contributed by atoms with E-state index in [1.165, 1.54) is 0 Å². The standard InChI is InChI=1S/C7H15NS/c1-3-4-7(8)5-6(2)9/h7H,3-5,8H2,1-2H3/t7-/m0/s1. The number of hydrogen-bond donors (Lipinski definition) is 1. The molecule has 0 fully saturated rings. The van der Waals surface area contributed by atoms with Crippen molar-refractivity contribution in [3.8, 4) is 0 Å². The van der Waals surface area contributed by atoms with E-state index in [2.05, 4.69) is 6.92 Å². The minimum Gasteiger partial charge on any atom is -0.327 e. The lowest BCUT2D eigenvalue weighted by molar-refractivity contribution is 0.624. The second-order valence-electron chi connectivity index (χ2n) is 2.45. The van der Waals surface area contributed by atoms with Crippen LogP contribution in [0.1, 0.15) is 33.1 Å². The summed E-state index contributed by atoms with van der Waals surface area (Å²) in [7, 11) is 0. The van der Waals surface area contributed by atoms with Crippen LogP contribution in [0.5, 0.6) is 0 Å². The monoisotopic (exact) mass is 145 g/mol. The molecule has 0 heterocycles. The van der Waals surface area contributed by atoms with E-state index in [1.807, 2.05) is 6.92 Å². The van der Waals surface area contributed by atoms with Crippen molar-refractivity contribution in [2.24, 2.45) is 5.73 Å². The van der Waals surface area contributed by atoms with Gasteiger partial charge < -0.3 is 5.73 Å². The van der Waals surface area contributed by atoms with E-state index in [0.29, 0.717) is 6.04 Å². The SMILES string of the molecule is CCC[C@H](N)CC(C)=S. The molecule has 54 valence electrons. The zero-order valence-electron chi connectivity index (χ0n) is 6.18. The highest BCUT2D eigenvalue weighted by atomic mass is 32.1. The van der Waals surface area contributed by atoms with Crippen LogP contribution >= 0.6 is 12.2 Å². The van der Waals surface area contributed by atoms with Crippen LogP contribution in [0.2, 0.25) is 0 Å². The molecule has 0 rings (SSSR count). The van der Waals surface area contributed by atoms with Crippen molar-refractivity contribution in [1.82, 2.24) is 0 Å². The zero-order valence-corrected chi connectivity index (χ0v) is 7.00. The van der Waals surface area contributed by atoms with Gasteiger partial charge in [-0.25, -0.2) is 0 Å². The second kappa shape index (κ2) is 4.89. The molecule has 2 N–H and O–H groups in total. The zero-order chi connectivity index (χ0) is 7.28. The van der Waals surface area contributed by atoms with Crippen molar-refractivity contribution in [2.45, 2.75) is 39.2 Å². The molecular weight excluding hydrogens is 130 g/mol. The van der Waals surface area contributed by atoms with E-state index < -0.39 is 0 Å². The van der Waals surface area contributed by atoms with Crippen molar-refractivity contribution in [1.29, 1.82) is 0 Å². The number of nitrogens with two attached hydrogens (primary N) is 1. The minimum absolute atomic E-state index is 0.299. The Morgan fingerprint density at radius 3 is 2.56 bits per heavy atom. The Bertz CT molecular complexity index is 90.9. The first-order valence-electron chi connectivity index (χ1n) is 3.41. The van der Waals surface area contributed by atoms with E-state index >= 15 is 0 Å². The Hall–Kier alpha value is 0.0500. The highest BCUT2D eigenvalue weighted by Crippen LogP contribution is 1.99. The molecule has 0 unspecified atom stereocenters. The molecule has 0 aromatic carbocycles. The van der Waals surface area contributed by atoms with Gasteiger partial charge in [0.25, 0.3) is 0 Å². The molecule has 0 saturated heterocycles. The van der Waals surface area contributed by atoms with Crippen LogP contribution in [0, 0.1) is 0 Å². The van der Waals surface area contributed by atoms with Crippen LogP contribution in [0.4, 0.5) is 0 Å². The summed E-state index contributed by atoms with van der Waals surface area (Å²) in [4.78, 5) is 1.02. The average Bonchev–Trinajstić information content (AvgIpc) is 1.63. The maximum atomic E-state index is 5.70. The van der Waals surface area contributed by atoms with Gasteiger partial charge in [-0.2, -0.15) is 0 Å². The fourth-order valence-electron chi connectivity index (χ4n) is 0.842. The summed E-state index contributed by atoms with van der Waals surface area (Å²) in [6.07, 6.45) is 3.15. The van der Waals surface area contributed by atoms with Gasteiger partial charge >= 0.3 is 0 Å². The van der Waals surface area contributed by atoms with E-state index in [4.69, 9.17) is 18.0 Å². The number of hydrogen-bond acceptors (Lipinski definition) is 2. The lowest BCUT2D eigenvalue weighted by Gasteiger charge is -2.07. The first-order chi connectivity index (χ1) is 4.16. The van der Waals surface area contributed by atoms with Crippen LogP contribution in [0.15, 0.2) is 0 Å². The molecule has 0 amide bonds. The topological polar surface area (TPSA) is 26.0 Å². The molecule has 0 aliphatic carbocycles. The Morgan fingerprint density at radius 2 is 2.22 bits per heavy atom. The molecule has 1 atom stereocenters. The molecule has 0 bridgehead atoms. The second-order valence-corrected chi connectivity index (χ2v) is 3.15. The molecule has 0 aromatic rings. The quantitative estimate of drug-likeness (QED) is 0.611. The van der Waals surface area contributed by atoms with E-state index in [9.17, 15) is 0 Å². The van der Waals surface area contributed by atoms with E-state index in [-0.39, 0.29) is 0 Å². The summed E-state index contributed by atoms with van der Waals surface area (Å²) < 4.78 is 0. The third kappa shape index (κ3) is 5.93. The predicted octanol–water partition coefficient (Wildman–Crippen LogP) is 1.89. The molecule has 0 aliphatic rings. The van der Waals surface area contributed by atoms with Crippen LogP contribution in [0.25, 0.3) is 0 Å². The largest absolute Gasteiger partial charge is 0.327 e. The summed E-state index contributed by atoms with van der Waals surface area (Å²) in [6, 6.07) is 0.299. The molecule has 0 spiro atoms. The maximum absolute atomic E-state index is 5.70. The lowest BCUT2D eigenvalue weighted by atomic mass is 10.1. The van der Waals surface area contributed by atoms with Crippen LogP contribution < -0.4 is 5.73 Å². The Balaban J connectivity index is 3.26. The van der Waals surface area contributed by atoms with Gasteiger partial charge in [-0.15, -0.1) is 0 Å². The third-order valence-corrected chi connectivity index (χ3v) is 1.38. The minimum atomic E-state index is 0.299. The van der Waals surface area contributed by atoms with Gasteiger partial charge in [0.2, 0.25) is 0 Å². The summed E-state index contributed by atoms with van der Waals surface area (Å²) >= 11 is 4.91. The van der Waals surface area contributed by atoms with Crippen LogP contribution in [-0.2, 0) is 0 Å². The Labute approximate surface area is 62.6 Å². The fraction of sp³-hybridized carbons (Fsp3) is 0.857. The molecule has 0 radical (unpaired) electrons. The van der Waals surface area contributed by atoms with Crippen LogP contribution in [-0.4, -0.2) is 10.9 Å². The molecular formula is C7H15NS. The van der Waals surface area contributed by atoms with Gasteiger partial charge in [0.05, 0.1) is 0 Å². The number of rotatable bonds is 4. The maximum Gasteiger partial charge on any atom is 0.00840 e. The summed E-state index contributed by atoms with van der Waals surface area (Å²) in [5.74, 6) is 0. The first-order valence-corrected chi connectivity index (χ1v) is 3.82. The lowest BCUT2D eigenvalue weighted by Crippen LogP contribution is -2.21. The summed E-state index contributed by atoms with van der Waals surface area (Å²) in [6.45, 7) is 4.09. The van der Waals surface area contributed by atoms with Gasteiger partial charge in [-0.05, 0) is 24.6 Å². The highest BCUT2D eigenvalue weighted by Gasteiger charge is 1.99. The fourth-order valence-corrected chi connectivity index (χ4v) is 1.06. The van der Waals surface area contributed by atoms with Gasteiger partial charge in [0.1, 0.15) is 0 Å². The van der Waals surface area contributed by atoms with Crippen molar-refractivity contribution in [3.05, 3.63) is 0 Å². The Morgan fingerprint density at radius 1 is 1.67 bits per heavy atom. The van der Waals surface area contributed by atoms with Crippen molar-refractivity contribution >= 4 is 17.1 Å². The van der Waals surface area contributed by atoms with E-state index in [0.717, 1.165) is 24.1 Å².